The highest BCUT2D eigenvalue weighted by Crippen LogP contribution is 2.39. The smallest absolute Gasteiger partial charge is 0.137 e. The lowest BCUT2D eigenvalue weighted by molar-refractivity contribution is 0.0898. The van der Waals surface area contributed by atoms with Crippen molar-refractivity contribution < 1.29 is 4.74 Å². The molecule has 0 amide bonds. The highest BCUT2D eigenvalue weighted by Gasteiger charge is 2.40. The molecule has 0 spiro atoms. The third-order valence-electron chi connectivity index (χ3n) is 3.57. The SMILES string of the molecule is Cc1c(Cl)ncnc1NC1CCOC1C1CC1. The number of rotatable bonds is 3. The van der Waals surface area contributed by atoms with E-state index in [4.69, 9.17) is 16.3 Å². The maximum Gasteiger partial charge on any atom is 0.137 e. The fourth-order valence-electron chi connectivity index (χ4n) is 2.40. The number of ether oxygens (including phenoxy) is 1. The molecule has 2 unspecified atom stereocenters. The molecule has 17 heavy (non-hydrogen) atoms. The van der Waals surface area contributed by atoms with Crippen LogP contribution in [0.2, 0.25) is 5.15 Å². The number of hydrogen-bond donors (Lipinski definition) is 1. The Morgan fingerprint density at radius 2 is 2.18 bits per heavy atom. The molecule has 2 atom stereocenters. The van der Waals surface area contributed by atoms with Gasteiger partial charge in [-0.25, -0.2) is 9.97 Å². The Bertz CT molecular complexity index is 422. The molecule has 1 aliphatic heterocycles. The summed E-state index contributed by atoms with van der Waals surface area (Å²) in [5.74, 6) is 1.58. The Hall–Kier alpha value is -0.870. The van der Waals surface area contributed by atoms with Gasteiger partial charge >= 0.3 is 0 Å². The third-order valence-corrected chi connectivity index (χ3v) is 3.95. The van der Waals surface area contributed by atoms with Gasteiger partial charge in [0.15, 0.2) is 0 Å². The second-order valence-electron chi connectivity index (χ2n) is 4.85. The molecule has 4 nitrogen and oxygen atoms in total. The van der Waals surface area contributed by atoms with Crippen LogP contribution in [0.4, 0.5) is 5.82 Å². The van der Waals surface area contributed by atoms with Crippen LogP contribution in [0.1, 0.15) is 24.8 Å². The molecular formula is C12H16ClN3O. The molecule has 3 rings (SSSR count). The quantitative estimate of drug-likeness (QED) is 0.841. The van der Waals surface area contributed by atoms with Crippen LogP contribution >= 0.6 is 11.6 Å². The maximum atomic E-state index is 5.99. The molecule has 0 radical (unpaired) electrons. The van der Waals surface area contributed by atoms with Crippen molar-refractivity contribution in [1.82, 2.24) is 9.97 Å². The molecule has 2 aliphatic rings. The summed E-state index contributed by atoms with van der Waals surface area (Å²) in [4.78, 5) is 8.22. The minimum absolute atomic E-state index is 0.350. The number of anilines is 1. The number of halogens is 1. The minimum Gasteiger partial charge on any atom is -0.376 e. The van der Waals surface area contributed by atoms with Gasteiger partial charge in [0.25, 0.3) is 0 Å². The van der Waals surface area contributed by atoms with E-state index in [0.717, 1.165) is 30.3 Å². The summed E-state index contributed by atoms with van der Waals surface area (Å²) in [7, 11) is 0. The average Bonchev–Trinajstić information content (AvgIpc) is 3.06. The fourth-order valence-corrected chi connectivity index (χ4v) is 2.54. The monoisotopic (exact) mass is 253 g/mol. The Kier molecular flexibility index (Phi) is 2.92. The Morgan fingerprint density at radius 1 is 1.35 bits per heavy atom. The molecule has 1 aromatic heterocycles. The molecule has 92 valence electrons. The number of nitrogens with zero attached hydrogens (tertiary/aromatic N) is 2. The second kappa shape index (κ2) is 4.42. The normalized spacial score (nSPS) is 28.4. The number of aromatic nitrogens is 2. The lowest BCUT2D eigenvalue weighted by atomic mass is 10.1. The summed E-state index contributed by atoms with van der Waals surface area (Å²) >= 11 is 5.99. The second-order valence-corrected chi connectivity index (χ2v) is 5.21. The molecule has 5 heteroatoms. The van der Waals surface area contributed by atoms with Gasteiger partial charge in [-0.2, -0.15) is 0 Å². The van der Waals surface area contributed by atoms with Crippen molar-refractivity contribution in [2.75, 3.05) is 11.9 Å². The molecule has 1 aliphatic carbocycles. The van der Waals surface area contributed by atoms with Crippen molar-refractivity contribution in [2.45, 2.75) is 38.3 Å². The van der Waals surface area contributed by atoms with Crippen molar-refractivity contribution in [3.8, 4) is 0 Å². The predicted octanol–water partition coefficient (Wildman–Crippen LogP) is 2.42. The number of nitrogens with one attached hydrogen (secondary N) is 1. The zero-order valence-corrected chi connectivity index (χ0v) is 10.6. The van der Waals surface area contributed by atoms with E-state index < -0.39 is 0 Å². The van der Waals surface area contributed by atoms with E-state index in [0.29, 0.717) is 17.3 Å². The molecule has 0 bridgehead atoms. The molecule has 2 heterocycles. The van der Waals surface area contributed by atoms with Crippen LogP contribution in [0.25, 0.3) is 0 Å². The molecule has 2 fully saturated rings. The van der Waals surface area contributed by atoms with E-state index >= 15 is 0 Å². The number of hydrogen-bond acceptors (Lipinski definition) is 4. The van der Waals surface area contributed by atoms with Gasteiger partial charge in [0.05, 0.1) is 12.1 Å². The zero-order chi connectivity index (χ0) is 11.8. The fraction of sp³-hybridized carbons (Fsp3) is 0.667. The Labute approximate surface area is 106 Å². The highest BCUT2D eigenvalue weighted by atomic mass is 35.5. The first-order valence-electron chi connectivity index (χ1n) is 6.11. The van der Waals surface area contributed by atoms with Crippen LogP contribution in [-0.4, -0.2) is 28.7 Å². The van der Waals surface area contributed by atoms with Crippen molar-refractivity contribution in [2.24, 2.45) is 5.92 Å². The summed E-state index contributed by atoms with van der Waals surface area (Å²) in [6.45, 7) is 2.78. The largest absolute Gasteiger partial charge is 0.376 e. The van der Waals surface area contributed by atoms with E-state index in [1.54, 1.807) is 0 Å². The van der Waals surface area contributed by atoms with Crippen LogP contribution in [0, 0.1) is 12.8 Å². The van der Waals surface area contributed by atoms with E-state index in [1.165, 1.54) is 19.2 Å². The van der Waals surface area contributed by atoms with Crippen molar-refractivity contribution in [3.63, 3.8) is 0 Å². The van der Waals surface area contributed by atoms with E-state index in [1.807, 2.05) is 6.92 Å². The summed E-state index contributed by atoms with van der Waals surface area (Å²) in [6, 6.07) is 0.368. The van der Waals surface area contributed by atoms with Crippen molar-refractivity contribution in [1.29, 1.82) is 0 Å². The Balaban J connectivity index is 1.75. The van der Waals surface area contributed by atoms with Crippen LogP contribution < -0.4 is 5.32 Å². The van der Waals surface area contributed by atoms with Gasteiger partial charge in [-0.05, 0) is 32.1 Å². The standard InChI is InChI=1S/C12H16ClN3O/c1-7-11(13)14-6-15-12(7)16-9-4-5-17-10(9)8-2-3-8/h6,8-10H,2-5H2,1H3,(H,14,15,16). The first-order valence-corrected chi connectivity index (χ1v) is 6.49. The first-order chi connectivity index (χ1) is 8.25. The summed E-state index contributed by atoms with van der Waals surface area (Å²) in [5.41, 5.74) is 0.913. The minimum atomic E-state index is 0.350. The first kappa shape index (κ1) is 11.2. The maximum absolute atomic E-state index is 5.99. The van der Waals surface area contributed by atoms with Gasteiger partial charge in [0.2, 0.25) is 0 Å². The molecular weight excluding hydrogens is 238 g/mol. The van der Waals surface area contributed by atoms with E-state index in [-0.39, 0.29) is 0 Å². The van der Waals surface area contributed by atoms with E-state index in [9.17, 15) is 0 Å². The van der Waals surface area contributed by atoms with Gasteiger partial charge in [-0.3, -0.25) is 0 Å². The Morgan fingerprint density at radius 3 is 2.94 bits per heavy atom. The van der Waals surface area contributed by atoms with Crippen molar-refractivity contribution in [3.05, 3.63) is 17.0 Å². The van der Waals surface area contributed by atoms with Crippen LogP contribution in [-0.2, 0) is 4.74 Å². The topological polar surface area (TPSA) is 47.0 Å². The molecule has 1 saturated heterocycles. The summed E-state index contributed by atoms with van der Waals surface area (Å²) < 4.78 is 5.79. The van der Waals surface area contributed by atoms with Crippen LogP contribution in [0.3, 0.4) is 0 Å². The van der Waals surface area contributed by atoms with Gasteiger partial charge in [0, 0.05) is 12.2 Å². The predicted molar refractivity (Wildman–Crippen MR) is 66.3 cm³/mol. The molecule has 1 N–H and O–H groups in total. The lowest BCUT2D eigenvalue weighted by Crippen LogP contribution is -2.31. The summed E-state index contributed by atoms with van der Waals surface area (Å²) in [6.07, 6.45) is 5.49. The molecule has 0 aromatic carbocycles. The van der Waals surface area contributed by atoms with Crippen molar-refractivity contribution >= 4 is 17.4 Å². The van der Waals surface area contributed by atoms with Crippen LogP contribution in [0.15, 0.2) is 6.33 Å². The van der Waals surface area contributed by atoms with Gasteiger partial charge in [-0.15, -0.1) is 0 Å². The van der Waals surface area contributed by atoms with E-state index in [2.05, 4.69) is 15.3 Å². The lowest BCUT2D eigenvalue weighted by Gasteiger charge is -2.20. The molecule has 1 saturated carbocycles. The molecule has 1 aromatic rings. The highest BCUT2D eigenvalue weighted by molar-refractivity contribution is 6.30. The third kappa shape index (κ3) is 2.24. The average molecular weight is 254 g/mol. The van der Waals surface area contributed by atoms with Gasteiger partial charge < -0.3 is 10.1 Å². The van der Waals surface area contributed by atoms with Gasteiger partial charge in [0.1, 0.15) is 17.3 Å². The van der Waals surface area contributed by atoms with Crippen LogP contribution in [0.5, 0.6) is 0 Å². The van der Waals surface area contributed by atoms with Gasteiger partial charge in [-0.1, -0.05) is 11.6 Å². The summed E-state index contributed by atoms with van der Waals surface area (Å²) in [5, 5.41) is 3.98. The zero-order valence-electron chi connectivity index (χ0n) is 9.82.